The molecule has 0 aromatic heterocycles. The number of carbonyl (C=O) groups excluding carboxylic acids is 1. The number of rotatable bonds is 2. The fraction of sp³-hybridized carbons (Fsp3) is 0.900. The van der Waals surface area contributed by atoms with Crippen LogP contribution in [-0.4, -0.2) is 57.5 Å². The maximum absolute atomic E-state index is 11.5. The van der Waals surface area contributed by atoms with E-state index < -0.39 is 18.2 Å². The van der Waals surface area contributed by atoms with Crippen LogP contribution in [0.15, 0.2) is 0 Å². The predicted molar refractivity (Wildman–Crippen MR) is 51.9 cm³/mol. The number of amides is 1. The minimum Gasteiger partial charge on any atom is -0.396 e. The summed E-state index contributed by atoms with van der Waals surface area (Å²) in [5.74, 6) is -0.177. The molecular formula is C10H17NO4. The van der Waals surface area contributed by atoms with Crippen LogP contribution in [0.2, 0.25) is 0 Å². The molecular weight excluding hydrogens is 198 g/mol. The highest BCUT2D eigenvalue weighted by atomic mass is 16.3. The molecule has 1 saturated carbocycles. The van der Waals surface area contributed by atoms with Gasteiger partial charge in [0.2, 0.25) is 5.91 Å². The molecule has 1 heterocycles. The van der Waals surface area contributed by atoms with E-state index in [1.54, 1.807) is 4.90 Å². The maximum Gasteiger partial charge on any atom is 0.222 e. The largest absolute Gasteiger partial charge is 0.396 e. The van der Waals surface area contributed by atoms with Crippen LogP contribution in [0.5, 0.6) is 0 Å². The molecule has 0 bridgehead atoms. The summed E-state index contributed by atoms with van der Waals surface area (Å²) < 4.78 is 0. The molecule has 3 N–H and O–H groups in total. The summed E-state index contributed by atoms with van der Waals surface area (Å²) in [5, 5.41) is 28.5. The Bertz CT molecular complexity index is 258. The van der Waals surface area contributed by atoms with Gasteiger partial charge in [-0.1, -0.05) is 0 Å². The van der Waals surface area contributed by atoms with E-state index in [9.17, 15) is 15.0 Å². The van der Waals surface area contributed by atoms with Crippen LogP contribution in [0.3, 0.4) is 0 Å². The molecule has 1 amide bonds. The van der Waals surface area contributed by atoms with Gasteiger partial charge in [-0.05, 0) is 12.8 Å². The van der Waals surface area contributed by atoms with Gasteiger partial charge in [-0.3, -0.25) is 4.79 Å². The van der Waals surface area contributed by atoms with Gasteiger partial charge in [-0.15, -0.1) is 0 Å². The molecule has 0 radical (unpaired) electrons. The van der Waals surface area contributed by atoms with Crippen LogP contribution < -0.4 is 0 Å². The smallest absolute Gasteiger partial charge is 0.222 e. The van der Waals surface area contributed by atoms with Crippen LogP contribution in [0.25, 0.3) is 0 Å². The van der Waals surface area contributed by atoms with E-state index in [1.165, 1.54) is 0 Å². The van der Waals surface area contributed by atoms with Gasteiger partial charge < -0.3 is 20.2 Å². The first-order valence-electron chi connectivity index (χ1n) is 5.41. The van der Waals surface area contributed by atoms with E-state index in [2.05, 4.69) is 0 Å². The number of likely N-dealkylation sites (tertiary alicyclic amines) is 1. The minimum absolute atomic E-state index is 0.0200. The zero-order valence-corrected chi connectivity index (χ0v) is 8.54. The first kappa shape index (κ1) is 10.9. The van der Waals surface area contributed by atoms with Crippen molar-refractivity contribution in [3.05, 3.63) is 0 Å². The predicted octanol–water partition coefficient (Wildman–Crippen LogP) is -1.29. The average molecular weight is 215 g/mol. The summed E-state index contributed by atoms with van der Waals surface area (Å²) in [5.41, 5.74) is 0. The third-order valence-electron chi connectivity index (χ3n) is 3.48. The molecule has 1 aliphatic carbocycles. The molecule has 0 spiro atoms. The molecule has 2 rings (SSSR count). The number of carbonyl (C=O) groups is 1. The van der Waals surface area contributed by atoms with Gasteiger partial charge in [-0.25, -0.2) is 0 Å². The molecule has 86 valence electrons. The molecule has 15 heavy (non-hydrogen) atoms. The van der Waals surface area contributed by atoms with Crippen LogP contribution >= 0.6 is 0 Å². The topological polar surface area (TPSA) is 81.0 Å². The Morgan fingerprint density at radius 3 is 2.67 bits per heavy atom. The Hall–Kier alpha value is -0.650. The number of aliphatic hydroxyl groups is 3. The second-order valence-electron chi connectivity index (χ2n) is 4.42. The van der Waals surface area contributed by atoms with Gasteiger partial charge in [0.15, 0.2) is 0 Å². The van der Waals surface area contributed by atoms with Crippen molar-refractivity contribution in [2.75, 3.05) is 13.2 Å². The lowest BCUT2D eigenvalue weighted by Gasteiger charge is -2.30. The number of aliphatic hydroxyl groups excluding tert-OH is 3. The lowest BCUT2D eigenvalue weighted by molar-refractivity contribution is -0.133. The van der Waals surface area contributed by atoms with E-state index in [1.807, 2.05) is 0 Å². The van der Waals surface area contributed by atoms with E-state index in [-0.39, 0.29) is 18.4 Å². The number of hydrogen-bond acceptors (Lipinski definition) is 4. The summed E-state index contributed by atoms with van der Waals surface area (Å²) in [6, 6.07) is -0.403. The van der Waals surface area contributed by atoms with Crippen molar-refractivity contribution in [1.82, 2.24) is 4.90 Å². The summed E-state index contributed by atoms with van der Waals surface area (Å²) in [4.78, 5) is 13.1. The molecule has 2 aliphatic rings. The second kappa shape index (κ2) is 4.08. The van der Waals surface area contributed by atoms with Gasteiger partial charge in [0.1, 0.15) is 6.10 Å². The zero-order valence-electron chi connectivity index (χ0n) is 8.54. The second-order valence-corrected chi connectivity index (χ2v) is 4.42. The monoisotopic (exact) mass is 215 g/mol. The van der Waals surface area contributed by atoms with Crippen LogP contribution in [0.1, 0.15) is 19.3 Å². The van der Waals surface area contributed by atoms with Crippen LogP contribution in [0, 0.1) is 5.92 Å². The standard InChI is InChI=1S/C10H17NO4/c12-5-6-4-7(13)10(15)9(6)11-3-1-2-8(11)14/h6-7,9-10,12-13,15H,1-5H2/t6-,7+,9+,10+/m0/s1. The van der Waals surface area contributed by atoms with Gasteiger partial charge in [0, 0.05) is 25.5 Å². The fourth-order valence-corrected chi connectivity index (χ4v) is 2.70. The van der Waals surface area contributed by atoms with E-state index in [0.29, 0.717) is 19.4 Å². The molecule has 4 atom stereocenters. The highest BCUT2D eigenvalue weighted by Crippen LogP contribution is 2.32. The first-order chi connectivity index (χ1) is 7.15. The Morgan fingerprint density at radius 2 is 2.13 bits per heavy atom. The lowest BCUT2D eigenvalue weighted by Crippen LogP contribution is -2.47. The summed E-state index contributed by atoms with van der Waals surface area (Å²) in [7, 11) is 0. The third kappa shape index (κ3) is 1.75. The van der Waals surface area contributed by atoms with Gasteiger partial charge >= 0.3 is 0 Å². The van der Waals surface area contributed by atoms with Crippen LogP contribution in [-0.2, 0) is 4.79 Å². The van der Waals surface area contributed by atoms with Crippen molar-refractivity contribution < 1.29 is 20.1 Å². The molecule has 5 nitrogen and oxygen atoms in total. The van der Waals surface area contributed by atoms with Crippen LogP contribution in [0.4, 0.5) is 0 Å². The number of nitrogens with zero attached hydrogens (tertiary/aromatic N) is 1. The molecule has 5 heteroatoms. The van der Waals surface area contributed by atoms with Gasteiger partial charge in [0.25, 0.3) is 0 Å². The highest BCUT2D eigenvalue weighted by molar-refractivity contribution is 5.78. The molecule has 0 unspecified atom stereocenters. The summed E-state index contributed by atoms with van der Waals surface area (Å²) in [6.07, 6.45) is -0.0513. The Labute approximate surface area is 88.3 Å². The van der Waals surface area contributed by atoms with Crippen molar-refractivity contribution in [3.63, 3.8) is 0 Å². The van der Waals surface area contributed by atoms with Crippen molar-refractivity contribution in [3.8, 4) is 0 Å². The van der Waals surface area contributed by atoms with Gasteiger partial charge in [0.05, 0.1) is 12.1 Å². The van der Waals surface area contributed by atoms with Gasteiger partial charge in [-0.2, -0.15) is 0 Å². The summed E-state index contributed by atoms with van der Waals surface area (Å²) >= 11 is 0. The van der Waals surface area contributed by atoms with Crippen molar-refractivity contribution in [2.45, 2.75) is 37.5 Å². The molecule has 1 aliphatic heterocycles. The Kier molecular flexibility index (Phi) is 2.95. The normalized spacial score (nSPS) is 41.5. The van der Waals surface area contributed by atoms with E-state index >= 15 is 0 Å². The zero-order chi connectivity index (χ0) is 11.0. The molecule has 1 saturated heterocycles. The molecule has 0 aromatic carbocycles. The average Bonchev–Trinajstić information content (AvgIpc) is 2.73. The van der Waals surface area contributed by atoms with E-state index in [4.69, 9.17) is 5.11 Å². The minimum atomic E-state index is -0.913. The third-order valence-corrected chi connectivity index (χ3v) is 3.48. The van der Waals surface area contributed by atoms with Crippen molar-refractivity contribution >= 4 is 5.91 Å². The summed E-state index contributed by atoms with van der Waals surface area (Å²) in [6.45, 7) is 0.534. The number of hydrogen-bond donors (Lipinski definition) is 3. The van der Waals surface area contributed by atoms with E-state index in [0.717, 1.165) is 6.42 Å². The van der Waals surface area contributed by atoms with Crippen molar-refractivity contribution in [1.29, 1.82) is 0 Å². The Morgan fingerprint density at radius 1 is 1.40 bits per heavy atom. The maximum atomic E-state index is 11.5. The lowest BCUT2D eigenvalue weighted by atomic mass is 10.0. The van der Waals surface area contributed by atoms with Crippen molar-refractivity contribution in [2.24, 2.45) is 5.92 Å². The molecule has 0 aromatic rings. The quantitative estimate of drug-likeness (QED) is 0.535. The highest BCUT2D eigenvalue weighted by Gasteiger charge is 2.46. The molecule has 2 fully saturated rings. The Balaban J connectivity index is 2.14. The SMILES string of the molecule is O=C1CCCN1[C@@H]1[C@H](CO)C[C@@H](O)[C@H]1O. The fourth-order valence-electron chi connectivity index (χ4n) is 2.70. The first-order valence-corrected chi connectivity index (χ1v) is 5.41.